The van der Waals surface area contributed by atoms with E-state index in [0.717, 1.165) is 24.7 Å². The SMILES string of the molecule is CC(c1cccc(Cl)c1)N1CCC(C)(CN)C1.Cl. The Kier molecular flexibility index (Phi) is 5.47. The highest BCUT2D eigenvalue weighted by Gasteiger charge is 2.34. The van der Waals surface area contributed by atoms with Crippen LogP contribution >= 0.6 is 24.0 Å². The van der Waals surface area contributed by atoms with Crippen LogP contribution in [0.1, 0.15) is 31.9 Å². The van der Waals surface area contributed by atoms with Gasteiger partial charge < -0.3 is 5.73 Å². The normalized spacial score (nSPS) is 25.8. The van der Waals surface area contributed by atoms with E-state index >= 15 is 0 Å². The fourth-order valence-corrected chi connectivity index (χ4v) is 2.74. The Labute approximate surface area is 121 Å². The van der Waals surface area contributed by atoms with Crippen LogP contribution < -0.4 is 5.73 Å². The van der Waals surface area contributed by atoms with E-state index in [0.29, 0.717) is 6.04 Å². The van der Waals surface area contributed by atoms with Gasteiger partial charge in [-0.3, -0.25) is 4.90 Å². The smallest absolute Gasteiger partial charge is 0.0409 e. The zero-order valence-corrected chi connectivity index (χ0v) is 12.6. The second kappa shape index (κ2) is 6.25. The molecule has 0 bridgehead atoms. The average molecular weight is 289 g/mol. The summed E-state index contributed by atoms with van der Waals surface area (Å²) in [5.74, 6) is 0. The molecule has 0 radical (unpaired) electrons. The maximum Gasteiger partial charge on any atom is 0.0409 e. The van der Waals surface area contributed by atoms with Gasteiger partial charge in [-0.25, -0.2) is 0 Å². The van der Waals surface area contributed by atoms with Gasteiger partial charge in [0.05, 0.1) is 0 Å². The molecule has 1 aromatic rings. The number of rotatable bonds is 3. The molecule has 0 amide bonds. The number of nitrogens with two attached hydrogens (primary N) is 1. The summed E-state index contributed by atoms with van der Waals surface area (Å²) in [4.78, 5) is 2.50. The first kappa shape index (κ1) is 15.8. The van der Waals surface area contributed by atoms with Gasteiger partial charge in [-0.2, -0.15) is 0 Å². The highest BCUT2D eigenvalue weighted by Crippen LogP contribution is 2.34. The molecular formula is C14H22Cl2N2. The van der Waals surface area contributed by atoms with Crippen LogP contribution in [0.3, 0.4) is 0 Å². The first-order valence-corrected chi connectivity index (χ1v) is 6.61. The Hall–Kier alpha value is -0.280. The molecule has 0 spiro atoms. The van der Waals surface area contributed by atoms with Crippen LogP contribution in [0, 0.1) is 5.41 Å². The molecule has 2 atom stereocenters. The summed E-state index contributed by atoms with van der Waals surface area (Å²) in [5, 5.41) is 0.815. The number of benzene rings is 1. The van der Waals surface area contributed by atoms with Crippen LogP contribution in [0.4, 0.5) is 0 Å². The van der Waals surface area contributed by atoms with Gasteiger partial charge in [0.25, 0.3) is 0 Å². The first-order chi connectivity index (χ1) is 8.04. The van der Waals surface area contributed by atoms with Crippen molar-refractivity contribution in [2.75, 3.05) is 19.6 Å². The summed E-state index contributed by atoms with van der Waals surface area (Å²) >= 11 is 6.04. The molecule has 2 unspecified atom stereocenters. The minimum absolute atomic E-state index is 0. The Morgan fingerprint density at radius 3 is 2.78 bits per heavy atom. The third kappa shape index (κ3) is 3.39. The number of halogens is 2. The molecule has 2 nitrogen and oxygen atoms in total. The maximum absolute atomic E-state index is 6.04. The third-order valence-electron chi connectivity index (χ3n) is 3.96. The Morgan fingerprint density at radius 1 is 1.50 bits per heavy atom. The van der Waals surface area contributed by atoms with Gasteiger partial charge in [0.1, 0.15) is 0 Å². The van der Waals surface area contributed by atoms with Crippen molar-refractivity contribution in [3.63, 3.8) is 0 Å². The molecule has 1 fully saturated rings. The lowest BCUT2D eigenvalue weighted by Gasteiger charge is -2.27. The maximum atomic E-state index is 6.04. The second-order valence-corrected chi connectivity index (χ2v) is 5.90. The van der Waals surface area contributed by atoms with Crippen molar-refractivity contribution in [3.05, 3.63) is 34.9 Å². The molecule has 2 N–H and O–H groups in total. The molecule has 0 aliphatic carbocycles. The minimum atomic E-state index is 0. The van der Waals surface area contributed by atoms with Crippen molar-refractivity contribution < 1.29 is 0 Å². The molecule has 18 heavy (non-hydrogen) atoms. The molecule has 0 saturated carbocycles. The standard InChI is InChI=1S/C14H21ClN2.ClH/c1-11(12-4-3-5-13(15)8-12)17-7-6-14(2,9-16)10-17;/h3-5,8,11H,6-7,9-10,16H2,1-2H3;1H. The van der Waals surface area contributed by atoms with Gasteiger partial charge in [-0.15, -0.1) is 12.4 Å². The number of nitrogens with zero attached hydrogens (tertiary/aromatic N) is 1. The molecular weight excluding hydrogens is 267 g/mol. The van der Waals surface area contributed by atoms with Crippen molar-refractivity contribution in [1.29, 1.82) is 0 Å². The van der Waals surface area contributed by atoms with E-state index in [1.807, 2.05) is 12.1 Å². The first-order valence-electron chi connectivity index (χ1n) is 6.24. The van der Waals surface area contributed by atoms with Gasteiger partial charge in [-0.05, 0) is 49.5 Å². The Balaban J connectivity index is 0.00000162. The van der Waals surface area contributed by atoms with Crippen LogP contribution in [0.5, 0.6) is 0 Å². The lowest BCUT2D eigenvalue weighted by atomic mass is 9.90. The summed E-state index contributed by atoms with van der Waals surface area (Å²) in [6.07, 6.45) is 1.19. The molecule has 1 aliphatic rings. The molecule has 1 heterocycles. The van der Waals surface area contributed by atoms with E-state index in [-0.39, 0.29) is 17.8 Å². The Bertz CT molecular complexity index is 397. The molecule has 1 saturated heterocycles. The molecule has 2 rings (SSSR count). The minimum Gasteiger partial charge on any atom is -0.330 e. The van der Waals surface area contributed by atoms with E-state index in [1.54, 1.807) is 0 Å². The van der Waals surface area contributed by atoms with Crippen molar-refractivity contribution in [3.8, 4) is 0 Å². The summed E-state index contributed by atoms with van der Waals surface area (Å²) < 4.78 is 0. The van der Waals surface area contributed by atoms with E-state index < -0.39 is 0 Å². The highest BCUT2D eigenvalue weighted by atomic mass is 35.5. The predicted octanol–water partition coefficient (Wildman–Crippen LogP) is 3.49. The zero-order valence-electron chi connectivity index (χ0n) is 11.0. The van der Waals surface area contributed by atoms with Crippen molar-refractivity contribution in [2.24, 2.45) is 11.1 Å². The topological polar surface area (TPSA) is 29.3 Å². The highest BCUT2D eigenvalue weighted by molar-refractivity contribution is 6.30. The van der Waals surface area contributed by atoms with Crippen LogP contribution in [0.25, 0.3) is 0 Å². The van der Waals surface area contributed by atoms with Gasteiger partial charge in [0.2, 0.25) is 0 Å². The monoisotopic (exact) mass is 288 g/mol. The predicted molar refractivity (Wildman–Crippen MR) is 80.5 cm³/mol. The summed E-state index contributed by atoms with van der Waals surface area (Å²) in [5.41, 5.74) is 7.42. The zero-order chi connectivity index (χ0) is 12.5. The van der Waals surface area contributed by atoms with Gasteiger partial charge in [0, 0.05) is 17.6 Å². The molecule has 1 aliphatic heterocycles. The van der Waals surface area contributed by atoms with E-state index in [2.05, 4.69) is 30.9 Å². The Morgan fingerprint density at radius 2 is 2.22 bits per heavy atom. The quantitative estimate of drug-likeness (QED) is 0.923. The summed E-state index contributed by atoms with van der Waals surface area (Å²) in [6.45, 7) is 7.50. The average Bonchev–Trinajstić information content (AvgIpc) is 2.72. The largest absolute Gasteiger partial charge is 0.330 e. The fourth-order valence-electron chi connectivity index (χ4n) is 2.54. The van der Waals surface area contributed by atoms with Gasteiger partial charge in [0.15, 0.2) is 0 Å². The molecule has 102 valence electrons. The molecule has 4 heteroatoms. The van der Waals surface area contributed by atoms with Crippen LogP contribution in [-0.4, -0.2) is 24.5 Å². The second-order valence-electron chi connectivity index (χ2n) is 5.47. The van der Waals surface area contributed by atoms with Crippen LogP contribution in [0.2, 0.25) is 5.02 Å². The summed E-state index contributed by atoms with van der Waals surface area (Å²) in [6, 6.07) is 8.57. The van der Waals surface area contributed by atoms with Gasteiger partial charge >= 0.3 is 0 Å². The molecule has 1 aromatic carbocycles. The lowest BCUT2D eigenvalue weighted by Crippen LogP contribution is -2.32. The van der Waals surface area contributed by atoms with E-state index in [1.165, 1.54) is 12.0 Å². The van der Waals surface area contributed by atoms with Crippen molar-refractivity contribution in [2.45, 2.75) is 26.3 Å². The lowest BCUT2D eigenvalue weighted by molar-refractivity contribution is 0.227. The van der Waals surface area contributed by atoms with Crippen LogP contribution in [-0.2, 0) is 0 Å². The molecule has 0 aromatic heterocycles. The van der Waals surface area contributed by atoms with Gasteiger partial charge in [-0.1, -0.05) is 30.7 Å². The number of hydrogen-bond donors (Lipinski definition) is 1. The summed E-state index contributed by atoms with van der Waals surface area (Å²) in [7, 11) is 0. The van der Waals surface area contributed by atoms with Crippen molar-refractivity contribution in [1.82, 2.24) is 4.90 Å². The fraction of sp³-hybridized carbons (Fsp3) is 0.571. The van der Waals surface area contributed by atoms with Crippen LogP contribution in [0.15, 0.2) is 24.3 Å². The third-order valence-corrected chi connectivity index (χ3v) is 4.19. The van der Waals surface area contributed by atoms with E-state index in [4.69, 9.17) is 17.3 Å². The van der Waals surface area contributed by atoms with Crippen molar-refractivity contribution >= 4 is 24.0 Å². The number of likely N-dealkylation sites (tertiary alicyclic amines) is 1. The van der Waals surface area contributed by atoms with E-state index in [9.17, 15) is 0 Å². The number of hydrogen-bond acceptors (Lipinski definition) is 2.